The van der Waals surface area contributed by atoms with Crippen molar-refractivity contribution in [3.8, 4) is 0 Å². The number of hydrogen-bond acceptors (Lipinski definition) is 4. The summed E-state index contributed by atoms with van der Waals surface area (Å²) in [5.41, 5.74) is 1.33. The molecule has 0 aliphatic rings. The van der Waals surface area contributed by atoms with Crippen LogP contribution in [0.5, 0.6) is 0 Å². The number of carboxylic acids is 1. The number of hydrogen-bond donors (Lipinski definition) is 2. The smallest absolute Gasteiger partial charge is 0.361 e. The molecule has 1 rings (SSSR count). The van der Waals surface area contributed by atoms with E-state index in [0.29, 0.717) is 6.42 Å². The molecule has 1 aromatic carbocycles. The molecule has 18 heavy (non-hydrogen) atoms. The Bertz CT molecular complexity index is 480. The van der Waals surface area contributed by atoms with Crippen LogP contribution in [0.1, 0.15) is 24.5 Å². The monoisotopic (exact) mass is 249 g/mol. The van der Waals surface area contributed by atoms with Crippen LogP contribution >= 0.6 is 0 Å². The molecular formula is C13H15NO4. The second-order valence-corrected chi connectivity index (χ2v) is 3.87. The number of rotatable bonds is 6. The highest BCUT2D eigenvalue weighted by atomic mass is 16.4. The Balaban J connectivity index is 2.75. The van der Waals surface area contributed by atoms with E-state index in [-0.39, 0.29) is 6.42 Å². The third-order valence-electron chi connectivity index (χ3n) is 2.62. The molecule has 5 nitrogen and oxygen atoms in total. The zero-order chi connectivity index (χ0) is 13.5. The molecule has 0 saturated carbocycles. The van der Waals surface area contributed by atoms with Crippen molar-refractivity contribution in [1.29, 1.82) is 0 Å². The minimum absolute atomic E-state index is 0.0839. The quantitative estimate of drug-likeness (QED) is 0.461. The molecule has 0 atom stereocenters. The lowest BCUT2D eigenvalue weighted by Gasteiger charge is -2.04. The first-order chi connectivity index (χ1) is 8.58. The van der Waals surface area contributed by atoms with Gasteiger partial charge in [0.05, 0.1) is 0 Å². The summed E-state index contributed by atoms with van der Waals surface area (Å²) in [7, 11) is 0. The Morgan fingerprint density at radius 3 is 2.50 bits per heavy atom. The minimum Gasteiger partial charge on any atom is -0.510 e. The van der Waals surface area contributed by atoms with E-state index < -0.39 is 17.4 Å². The Morgan fingerprint density at radius 2 is 1.94 bits per heavy atom. The van der Waals surface area contributed by atoms with Gasteiger partial charge >= 0.3 is 5.97 Å². The fraction of sp³-hybridized carbons (Fsp3) is 0.308. The number of benzene rings is 1. The maximum Gasteiger partial charge on any atom is 0.361 e. The van der Waals surface area contributed by atoms with Gasteiger partial charge < -0.3 is 10.2 Å². The van der Waals surface area contributed by atoms with Gasteiger partial charge in [0, 0.05) is 6.42 Å². The number of carboxylic acid groups (broad SMARTS) is 1. The van der Waals surface area contributed by atoms with Gasteiger partial charge in [0.1, 0.15) is 5.76 Å². The van der Waals surface area contributed by atoms with Crippen molar-refractivity contribution in [1.82, 2.24) is 0 Å². The number of aliphatic hydroxyl groups excluding tert-OH is 1. The van der Waals surface area contributed by atoms with Crippen LogP contribution in [-0.4, -0.2) is 16.2 Å². The predicted octanol–water partition coefficient (Wildman–Crippen LogP) is 2.80. The van der Waals surface area contributed by atoms with Crippen LogP contribution in [0.2, 0.25) is 0 Å². The summed E-state index contributed by atoms with van der Waals surface area (Å²) < 4.78 is 0. The molecule has 0 fully saturated rings. The maximum absolute atomic E-state index is 10.6. The lowest BCUT2D eigenvalue weighted by Crippen LogP contribution is -2.03. The highest BCUT2D eigenvalue weighted by Crippen LogP contribution is 2.13. The number of aliphatic hydroxyl groups is 1. The van der Waals surface area contributed by atoms with E-state index in [2.05, 4.69) is 5.18 Å². The third kappa shape index (κ3) is 3.69. The fourth-order valence-corrected chi connectivity index (χ4v) is 1.60. The third-order valence-corrected chi connectivity index (χ3v) is 2.62. The van der Waals surface area contributed by atoms with Gasteiger partial charge in [-0.1, -0.05) is 31.2 Å². The van der Waals surface area contributed by atoms with Gasteiger partial charge in [-0.15, -0.1) is 4.91 Å². The van der Waals surface area contributed by atoms with E-state index in [9.17, 15) is 14.8 Å². The first kappa shape index (κ1) is 13.9. The summed E-state index contributed by atoms with van der Waals surface area (Å²) in [6.07, 6.45) is 1.46. The van der Waals surface area contributed by atoms with E-state index >= 15 is 0 Å². The summed E-state index contributed by atoms with van der Waals surface area (Å²) in [5, 5.41) is 20.4. The molecule has 0 aliphatic heterocycles. The summed E-state index contributed by atoms with van der Waals surface area (Å²) in [6, 6.07) is 7.78. The van der Waals surface area contributed by atoms with Crippen molar-refractivity contribution in [2.75, 3.05) is 0 Å². The normalized spacial score (nSPS) is 11.8. The zero-order valence-electron chi connectivity index (χ0n) is 10.1. The average Bonchev–Trinajstić information content (AvgIpc) is 2.37. The summed E-state index contributed by atoms with van der Waals surface area (Å²) in [6.45, 7) is 2.04. The van der Waals surface area contributed by atoms with E-state index in [1.54, 1.807) is 0 Å². The molecule has 0 spiro atoms. The van der Waals surface area contributed by atoms with Crippen molar-refractivity contribution in [2.24, 2.45) is 5.18 Å². The van der Waals surface area contributed by atoms with Gasteiger partial charge in [-0.25, -0.2) is 4.79 Å². The van der Waals surface area contributed by atoms with Crippen LogP contribution in [0.4, 0.5) is 0 Å². The fourth-order valence-electron chi connectivity index (χ4n) is 1.60. The lowest BCUT2D eigenvalue weighted by atomic mass is 10.0. The predicted molar refractivity (Wildman–Crippen MR) is 67.2 cm³/mol. The molecule has 5 heteroatoms. The second kappa shape index (κ2) is 6.54. The molecule has 2 N–H and O–H groups in total. The molecular weight excluding hydrogens is 234 g/mol. The van der Waals surface area contributed by atoms with Crippen molar-refractivity contribution in [3.63, 3.8) is 0 Å². The summed E-state index contributed by atoms with van der Waals surface area (Å²) >= 11 is 0. The number of aliphatic carboxylic acids is 1. The highest BCUT2D eigenvalue weighted by molar-refractivity contribution is 5.86. The van der Waals surface area contributed by atoms with Crippen molar-refractivity contribution in [3.05, 3.63) is 51.8 Å². The Labute approximate surface area is 105 Å². The van der Waals surface area contributed by atoms with E-state index in [1.807, 2.05) is 31.2 Å². The van der Waals surface area contributed by atoms with Gasteiger partial charge in [0.2, 0.25) is 5.70 Å². The van der Waals surface area contributed by atoms with E-state index in [1.165, 1.54) is 5.56 Å². The van der Waals surface area contributed by atoms with E-state index in [0.717, 1.165) is 12.0 Å². The van der Waals surface area contributed by atoms with E-state index in [4.69, 9.17) is 5.11 Å². The SMILES string of the molecule is CCc1cccc(CC/C(O)=C(\N=O)C(=O)O)c1. The van der Waals surface area contributed by atoms with Gasteiger partial charge in [-0.2, -0.15) is 0 Å². The zero-order valence-corrected chi connectivity index (χ0v) is 10.1. The Morgan fingerprint density at radius 1 is 1.28 bits per heavy atom. The summed E-state index contributed by atoms with van der Waals surface area (Å²) in [4.78, 5) is 20.8. The Hall–Kier alpha value is -2.17. The van der Waals surface area contributed by atoms with Crippen LogP contribution < -0.4 is 0 Å². The molecule has 0 heterocycles. The minimum atomic E-state index is -1.51. The molecule has 0 radical (unpaired) electrons. The maximum atomic E-state index is 10.6. The molecule has 0 aliphatic carbocycles. The van der Waals surface area contributed by atoms with Crippen molar-refractivity contribution in [2.45, 2.75) is 26.2 Å². The van der Waals surface area contributed by atoms with Gasteiger partial charge in [0.15, 0.2) is 0 Å². The molecule has 96 valence electrons. The van der Waals surface area contributed by atoms with Crippen LogP contribution in [0, 0.1) is 4.91 Å². The highest BCUT2D eigenvalue weighted by Gasteiger charge is 2.14. The number of carbonyl (C=O) groups is 1. The number of nitrogens with zero attached hydrogens (tertiary/aromatic N) is 1. The first-order valence-electron chi connectivity index (χ1n) is 5.65. The summed E-state index contributed by atoms with van der Waals surface area (Å²) in [5.74, 6) is -2.00. The standard InChI is InChI=1S/C13H15NO4/c1-2-9-4-3-5-10(8-9)6-7-11(15)12(14-18)13(16)17/h3-5,8,15H,2,6-7H2,1H3,(H,16,17)/b12-11+. The molecule has 0 amide bonds. The van der Waals surface area contributed by atoms with Gasteiger partial charge in [0.25, 0.3) is 0 Å². The second-order valence-electron chi connectivity index (χ2n) is 3.87. The van der Waals surface area contributed by atoms with Crippen LogP contribution in [0.3, 0.4) is 0 Å². The molecule has 0 bridgehead atoms. The largest absolute Gasteiger partial charge is 0.510 e. The first-order valence-corrected chi connectivity index (χ1v) is 5.65. The van der Waals surface area contributed by atoms with Crippen LogP contribution in [-0.2, 0) is 17.6 Å². The van der Waals surface area contributed by atoms with Crippen LogP contribution in [0.15, 0.2) is 40.9 Å². The van der Waals surface area contributed by atoms with Crippen molar-refractivity contribution < 1.29 is 15.0 Å². The van der Waals surface area contributed by atoms with Gasteiger partial charge in [-0.3, -0.25) is 0 Å². The topological polar surface area (TPSA) is 87.0 Å². The van der Waals surface area contributed by atoms with Crippen molar-refractivity contribution >= 4 is 5.97 Å². The average molecular weight is 249 g/mol. The van der Waals surface area contributed by atoms with Crippen LogP contribution in [0.25, 0.3) is 0 Å². The number of allylic oxidation sites excluding steroid dienone is 1. The molecule has 0 saturated heterocycles. The Kier molecular flexibility index (Phi) is 5.05. The molecule has 0 aromatic heterocycles. The molecule has 0 unspecified atom stereocenters. The number of nitroso groups, excluding NO2 is 1. The lowest BCUT2D eigenvalue weighted by molar-refractivity contribution is -0.132. The number of aryl methyl sites for hydroxylation is 2. The molecule has 1 aromatic rings. The van der Waals surface area contributed by atoms with Gasteiger partial charge in [-0.05, 0) is 29.1 Å².